The fourth-order valence-electron chi connectivity index (χ4n) is 3.76. The van der Waals surface area contributed by atoms with Gasteiger partial charge in [-0.2, -0.15) is 0 Å². The number of hydrogen-bond acceptors (Lipinski definition) is 9. The van der Waals surface area contributed by atoms with E-state index in [-0.39, 0.29) is 25.0 Å². The summed E-state index contributed by atoms with van der Waals surface area (Å²) in [5.74, 6) is -5.03. The number of carbonyl (C=O) groups is 5. The van der Waals surface area contributed by atoms with Crippen LogP contribution in [0.15, 0.2) is 36.8 Å². The Kier molecular flexibility index (Phi) is 12.5. The van der Waals surface area contributed by atoms with E-state index in [0.29, 0.717) is 30.6 Å². The number of nitrogens with two attached hydrogens (primary N) is 2. The molecule has 0 aliphatic heterocycles. The number of H-pyrrole nitrogens is 1. The zero-order chi connectivity index (χ0) is 29.7. The number of amides is 3. The van der Waals surface area contributed by atoms with E-state index in [4.69, 9.17) is 16.6 Å². The number of benzene rings is 1. The number of carboxylic acid groups (broad SMARTS) is 2. The topological polar surface area (TPSA) is 263 Å². The van der Waals surface area contributed by atoms with E-state index in [9.17, 15) is 34.2 Å². The molecule has 15 nitrogen and oxygen atoms in total. The highest BCUT2D eigenvalue weighted by Crippen LogP contribution is 2.13. The SMILES string of the molecule is NCCCCC(NC(=O)C(N)CC(=O)O)C(=O)NC(Cc1ccc(O)cc1)C(=O)NC(Cc1cnc[nH]1)C(=O)O. The van der Waals surface area contributed by atoms with E-state index in [2.05, 4.69) is 25.9 Å². The first-order valence-electron chi connectivity index (χ1n) is 12.6. The third-order valence-corrected chi connectivity index (χ3v) is 5.91. The van der Waals surface area contributed by atoms with Gasteiger partial charge in [0.05, 0.1) is 18.8 Å². The Morgan fingerprint density at radius 1 is 0.875 bits per heavy atom. The molecule has 0 saturated heterocycles. The number of aromatic amines is 1. The minimum Gasteiger partial charge on any atom is -0.508 e. The van der Waals surface area contributed by atoms with Crippen molar-refractivity contribution >= 4 is 29.7 Å². The molecule has 2 rings (SSSR count). The van der Waals surface area contributed by atoms with Gasteiger partial charge >= 0.3 is 11.9 Å². The van der Waals surface area contributed by atoms with Crippen LogP contribution in [0.5, 0.6) is 5.75 Å². The number of carboxylic acids is 2. The first-order chi connectivity index (χ1) is 19.0. The second-order valence-electron chi connectivity index (χ2n) is 9.16. The molecule has 0 radical (unpaired) electrons. The quantitative estimate of drug-likeness (QED) is 0.0990. The number of nitrogens with one attached hydrogen (secondary N) is 4. The van der Waals surface area contributed by atoms with Crippen molar-refractivity contribution in [2.45, 2.75) is 62.7 Å². The average Bonchev–Trinajstić information content (AvgIpc) is 3.41. The van der Waals surface area contributed by atoms with Crippen LogP contribution >= 0.6 is 0 Å². The molecule has 0 spiro atoms. The van der Waals surface area contributed by atoms with Crippen molar-refractivity contribution in [1.29, 1.82) is 0 Å². The summed E-state index contributed by atoms with van der Waals surface area (Å²) in [7, 11) is 0. The molecule has 1 aromatic carbocycles. The molecule has 0 aliphatic rings. The Morgan fingerprint density at radius 2 is 1.50 bits per heavy atom. The van der Waals surface area contributed by atoms with Gasteiger partial charge in [-0.25, -0.2) is 9.78 Å². The Labute approximate surface area is 229 Å². The summed E-state index contributed by atoms with van der Waals surface area (Å²) in [5, 5.41) is 35.6. The second kappa shape index (κ2) is 15.8. The molecule has 0 saturated carbocycles. The van der Waals surface area contributed by atoms with Crippen molar-refractivity contribution < 1.29 is 39.3 Å². The highest BCUT2D eigenvalue weighted by Gasteiger charge is 2.31. The number of hydrogen-bond donors (Lipinski definition) is 9. The first kappa shape index (κ1) is 31.7. The molecule has 3 amide bonds. The van der Waals surface area contributed by atoms with E-state index in [1.165, 1.54) is 36.8 Å². The summed E-state index contributed by atoms with van der Waals surface area (Å²) < 4.78 is 0. The van der Waals surface area contributed by atoms with Gasteiger partial charge in [0.2, 0.25) is 17.7 Å². The predicted molar refractivity (Wildman–Crippen MR) is 141 cm³/mol. The second-order valence-corrected chi connectivity index (χ2v) is 9.16. The highest BCUT2D eigenvalue weighted by atomic mass is 16.4. The minimum absolute atomic E-state index is 0.0142. The maximum Gasteiger partial charge on any atom is 0.326 e. The monoisotopic (exact) mass is 561 g/mol. The number of rotatable bonds is 17. The predicted octanol–water partition coefficient (Wildman–Crippen LogP) is -1.63. The Morgan fingerprint density at radius 3 is 2.08 bits per heavy atom. The van der Waals surface area contributed by atoms with E-state index in [0.717, 1.165) is 0 Å². The molecule has 4 atom stereocenters. The van der Waals surface area contributed by atoms with Crippen molar-refractivity contribution in [3.8, 4) is 5.75 Å². The lowest BCUT2D eigenvalue weighted by molar-refractivity contribution is -0.142. The van der Waals surface area contributed by atoms with Gasteiger partial charge in [-0.3, -0.25) is 19.2 Å². The molecule has 1 aromatic heterocycles. The van der Waals surface area contributed by atoms with Crippen LogP contribution in [0, 0.1) is 0 Å². The van der Waals surface area contributed by atoms with Crippen LogP contribution in [0.1, 0.15) is 36.9 Å². The van der Waals surface area contributed by atoms with Crippen LogP contribution in [-0.2, 0) is 36.8 Å². The zero-order valence-electron chi connectivity index (χ0n) is 21.7. The van der Waals surface area contributed by atoms with Gasteiger partial charge in [-0.1, -0.05) is 12.1 Å². The van der Waals surface area contributed by atoms with Crippen LogP contribution in [-0.4, -0.2) is 85.7 Å². The number of aliphatic carboxylic acids is 2. The van der Waals surface area contributed by atoms with Crippen molar-refractivity contribution in [1.82, 2.24) is 25.9 Å². The molecule has 0 aliphatic carbocycles. The van der Waals surface area contributed by atoms with E-state index < -0.39 is 60.2 Å². The third kappa shape index (κ3) is 10.7. The first-order valence-corrected chi connectivity index (χ1v) is 12.6. The lowest BCUT2D eigenvalue weighted by Crippen LogP contribution is -2.58. The van der Waals surface area contributed by atoms with Crippen LogP contribution in [0.25, 0.3) is 0 Å². The fraction of sp³-hybridized carbons (Fsp3) is 0.440. The summed E-state index contributed by atoms with van der Waals surface area (Å²) in [5.41, 5.74) is 12.2. The number of aromatic nitrogens is 2. The summed E-state index contributed by atoms with van der Waals surface area (Å²) in [4.78, 5) is 68.4. The third-order valence-electron chi connectivity index (χ3n) is 5.91. The molecule has 4 unspecified atom stereocenters. The minimum atomic E-state index is -1.41. The maximum absolute atomic E-state index is 13.3. The van der Waals surface area contributed by atoms with E-state index in [1.54, 1.807) is 0 Å². The van der Waals surface area contributed by atoms with Gasteiger partial charge in [0, 0.05) is 24.7 Å². The molecule has 1 heterocycles. The summed E-state index contributed by atoms with van der Waals surface area (Å²) in [6.07, 6.45) is 3.06. The number of phenolic OH excluding ortho intramolecular Hbond substituents is 1. The molecule has 11 N–H and O–H groups in total. The molecular formula is C25H35N7O8. The molecule has 0 fully saturated rings. The largest absolute Gasteiger partial charge is 0.508 e. The normalized spacial score (nSPS) is 13.8. The van der Waals surface area contributed by atoms with Crippen molar-refractivity contribution in [3.05, 3.63) is 48.0 Å². The molecule has 40 heavy (non-hydrogen) atoms. The highest BCUT2D eigenvalue weighted by molar-refractivity contribution is 5.94. The Bertz CT molecular complexity index is 1140. The molecule has 218 valence electrons. The average molecular weight is 562 g/mol. The number of carbonyl (C=O) groups excluding carboxylic acids is 3. The summed E-state index contributed by atoms with van der Waals surface area (Å²) >= 11 is 0. The Balaban J connectivity index is 2.25. The number of unbranched alkanes of at least 4 members (excludes halogenated alkanes) is 1. The van der Waals surface area contributed by atoms with Crippen molar-refractivity contribution in [2.24, 2.45) is 11.5 Å². The van der Waals surface area contributed by atoms with Gasteiger partial charge < -0.3 is 47.7 Å². The van der Waals surface area contributed by atoms with E-state index in [1.807, 2.05) is 0 Å². The summed E-state index contributed by atoms with van der Waals surface area (Å²) in [6.45, 7) is 0.333. The van der Waals surface area contributed by atoms with Gasteiger partial charge in [-0.15, -0.1) is 0 Å². The van der Waals surface area contributed by atoms with Crippen molar-refractivity contribution in [2.75, 3.05) is 6.54 Å². The van der Waals surface area contributed by atoms with Crippen LogP contribution in [0.2, 0.25) is 0 Å². The number of nitrogens with zero attached hydrogens (tertiary/aromatic N) is 1. The zero-order valence-corrected chi connectivity index (χ0v) is 21.7. The van der Waals surface area contributed by atoms with Gasteiger partial charge in [0.25, 0.3) is 0 Å². The van der Waals surface area contributed by atoms with Gasteiger partial charge in [-0.05, 0) is 43.5 Å². The smallest absolute Gasteiger partial charge is 0.326 e. The number of aromatic hydroxyl groups is 1. The van der Waals surface area contributed by atoms with Crippen LogP contribution in [0.4, 0.5) is 0 Å². The van der Waals surface area contributed by atoms with Crippen LogP contribution in [0.3, 0.4) is 0 Å². The Hall–Kier alpha value is -4.50. The van der Waals surface area contributed by atoms with Crippen LogP contribution < -0.4 is 27.4 Å². The lowest BCUT2D eigenvalue weighted by atomic mass is 10.0. The maximum atomic E-state index is 13.3. The molecule has 15 heteroatoms. The number of phenols is 1. The molecular weight excluding hydrogens is 526 g/mol. The summed E-state index contributed by atoms with van der Waals surface area (Å²) in [6, 6.07) is 0.655. The molecule has 2 aromatic rings. The lowest BCUT2D eigenvalue weighted by Gasteiger charge is -2.25. The van der Waals surface area contributed by atoms with Gasteiger partial charge in [0.15, 0.2) is 0 Å². The standard InChI is InChI=1S/C25H35N7O8/c26-8-2-1-3-18(30-22(36)17(27)11-21(34)35)23(37)31-19(9-14-4-6-16(33)7-5-14)24(38)32-20(25(39)40)10-15-12-28-13-29-15/h4-7,12-13,17-20,33H,1-3,8-11,26-27H2,(H,28,29)(H,30,36)(H,31,37)(H,32,38)(H,34,35)(H,39,40). The fourth-order valence-corrected chi connectivity index (χ4v) is 3.76. The van der Waals surface area contributed by atoms with E-state index >= 15 is 0 Å². The van der Waals surface area contributed by atoms with Crippen molar-refractivity contribution in [3.63, 3.8) is 0 Å². The molecule has 0 bridgehead atoms. The number of imidazole rings is 1. The van der Waals surface area contributed by atoms with Gasteiger partial charge in [0.1, 0.15) is 23.9 Å².